The van der Waals surface area contributed by atoms with Crippen molar-refractivity contribution in [3.8, 4) is 0 Å². The third kappa shape index (κ3) is 7.85. The molecule has 0 amide bonds. The first-order valence-corrected chi connectivity index (χ1v) is 7.03. The molecule has 3 nitrogen and oxygen atoms in total. The summed E-state index contributed by atoms with van der Waals surface area (Å²) >= 11 is 0. The molecule has 0 saturated carbocycles. The zero-order valence-electron chi connectivity index (χ0n) is 13.0. The molecule has 1 aromatic carbocycles. The number of benzene rings is 1. The lowest BCUT2D eigenvalue weighted by atomic mass is 9.93. The first-order valence-electron chi connectivity index (χ1n) is 7.03. The van der Waals surface area contributed by atoms with Gasteiger partial charge in [0.05, 0.1) is 6.61 Å². The molecule has 0 heterocycles. The van der Waals surface area contributed by atoms with Crippen molar-refractivity contribution in [3.63, 3.8) is 0 Å². The van der Waals surface area contributed by atoms with Crippen LogP contribution in [0.5, 0.6) is 0 Å². The Bertz CT molecular complexity index is 344. The molecule has 0 aliphatic carbocycles. The minimum Gasteiger partial charge on any atom is -0.384 e. The van der Waals surface area contributed by atoms with E-state index >= 15 is 0 Å². The molecule has 1 aromatic rings. The Hall–Kier alpha value is -0.610. The summed E-state index contributed by atoms with van der Waals surface area (Å²) in [6, 6.07) is 10.6. The summed E-state index contributed by atoms with van der Waals surface area (Å²) in [6.45, 7) is 8.97. The maximum absolute atomic E-state index is 5.72. The van der Waals surface area contributed by atoms with Crippen molar-refractivity contribution >= 4 is 12.4 Å². The van der Waals surface area contributed by atoms with Gasteiger partial charge in [-0.1, -0.05) is 44.2 Å². The molecule has 20 heavy (non-hydrogen) atoms. The molecule has 0 aromatic heterocycles. The smallest absolute Gasteiger partial charge is 0.0525 e. The van der Waals surface area contributed by atoms with Crippen LogP contribution >= 0.6 is 12.4 Å². The van der Waals surface area contributed by atoms with Crippen molar-refractivity contribution in [1.82, 2.24) is 4.90 Å². The zero-order valence-corrected chi connectivity index (χ0v) is 13.8. The van der Waals surface area contributed by atoms with Gasteiger partial charge in [-0.2, -0.15) is 0 Å². The highest BCUT2D eigenvalue weighted by Crippen LogP contribution is 2.17. The number of nitrogens with zero attached hydrogens (tertiary/aromatic N) is 1. The number of hydrogen-bond acceptors (Lipinski definition) is 3. The minimum atomic E-state index is 0. The maximum Gasteiger partial charge on any atom is 0.0525 e. The second-order valence-electron chi connectivity index (χ2n) is 5.90. The zero-order chi connectivity index (χ0) is 14.1. The predicted molar refractivity (Wildman–Crippen MR) is 88.5 cm³/mol. The van der Waals surface area contributed by atoms with Crippen molar-refractivity contribution in [2.75, 3.05) is 39.9 Å². The topological polar surface area (TPSA) is 38.5 Å². The average Bonchev–Trinajstić information content (AvgIpc) is 2.37. The number of nitrogens with two attached hydrogens (primary N) is 1. The second kappa shape index (κ2) is 10.2. The van der Waals surface area contributed by atoms with E-state index in [0.29, 0.717) is 6.54 Å². The minimum absolute atomic E-state index is 0. The SMILES string of the molecule is COCC(C)(C)CN(CCN)CCc1ccccc1.Cl. The van der Waals surface area contributed by atoms with Gasteiger partial charge in [-0.3, -0.25) is 0 Å². The van der Waals surface area contributed by atoms with Crippen LogP contribution in [0.25, 0.3) is 0 Å². The average molecular weight is 301 g/mol. The molecular weight excluding hydrogens is 272 g/mol. The predicted octanol–water partition coefficient (Wildman–Crippen LogP) is 2.58. The summed E-state index contributed by atoms with van der Waals surface area (Å²) < 4.78 is 5.29. The van der Waals surface area contributed by atoms with E-state index in [-0.39, 0.29) is 17.8 Å². The van der Waals surface area contributed by atoms with Crippen LogP contribution in [0.3, 0.4) is 0 Å². The van der Waals surface area contributed by atoms with E-state index in [1.54, 1.807) is 7.11 Å². The van der Waals surface area contributed by atoms with Crippen LogP contribution in [0, 0.1) is 5.41 Å². The lowest BCUT2D eigenvalue weighted by molar-refractivity contribution is 0.0709. The van der Waals surface area contributed by atoms with E-state index in [9.17, 15) is 0 Å². The van der Waals surface area contributed by atoms with Gasteiger partial charge in [0.1, 0.15) is 0 Å². The van der Waals surface area contributed by atoms with Gasteiger partial charge >= 0.3 is 0 Å². The number of methoxy groups -OCH3 is 1. The Morgan fingerprint density at radius 1 is 1.15 bits per heavy atom. The van der Waals surface area contributed by atoms with Crippen LogP contribution in [-0.4, -0.2) is 44.8 Å². The van der Waals surface area contributed by atoms with E-state index < -0.39 is 0 Å². The Balaban J connectivity index is 0.00000361. The highest BCUT2D eigenvalue weighted by Gasteiger charge is 2.21. The van der Waals surface area contributed by atoms with Crippen LogP contribution in [0.15, 0.2) is 30.3 Å². The van der Waals surface area contributed by atoms with Crippen molar-refractivity contribution < 1.29 is 4.74 Å². The summed E-state index contributed by atoms with van der Waals surface area (Å²) in [5, 5.41) is 0. The molecule has 0 atom stereocenters. The third-order valence-corrected chi connectivity index (χ3v) is 3.19. The van der Waals surface area contributed by atoms with E-state index in [2.05, 4.69) is 49.1 Å². The third-order valence-electron chi connectivity index (χ3n) is 3.19. The van der Waals surface area contributed by atoms with Gasteiger partial charge in [0.15, 0.2) is 0 Å². The molecule has 2 N–H and O–H groups in total. The summed E-state index contributed by atoms with van der Waals surface area (Å²) in [4.78, 5) is 2.44. The number of halogens is 1. The van der Waals surface area contributed by atoms with E-state index in [1.807, 2.05) is 0 Å². The lowest BCUT2D eigenvalue weighted by Gasteiger charge is -2.32. The highest BCUT2D eigenvalue weighted by molar-refractivity contribution is 5.85. The number of ether oxygens (including phenoxy) is 1. The Labute approximate surface area is 129 Å². The summed E-state index contributed by atoms with van der Waals surface area (Å²) in [6.07, 6.45) is 1.07. The molecule has 116 valence electrons. The molecule has 0 saturated heterocycles. The van der Waals surface area contributed by atoms with Crippen LogP contribution < -0.4 is 5.73 Å². The Morgan fingerprint density at radius 3 is 2.35 bits per heavy atom. The normalized spacial score (nSPS) is 11.4. The van der Waals surface area contributed by atoms with E-state index in [4.69, 9.17) is 10.5 Å². The molecule has 4 heteroatoms. The van der Waals surface area contributed by atoms with Gasteiger partial charge in [-0.25, -0.2) is 0 Å². The quantitative estimate of drug-likeness (QED) is 0.762. The maximum atomic E-state index is 5.72. The molecule has 0 aliphatic heterocycles. The molecule has 0 aliphatic rings. The van der Waals surface area contributed by atoms with Gasteiger partial charge in [-0.15, -0.1) is 12.4 Å². The molecule has 0 bridgehead atoms. The van der Waals surface area contributed by atoms with Crippen LogP contribution in [0.4, 0.5) is 0 Å². The number of rotatable bonds is 9. The summed E-state index contributed by atoms with van der Waals surface area (Å²) in [7, 11) is 1.76. The van der Waals surface area contributed by atoms with Gasteiger partial charge in [0.2, 0.25) is 0 Å². The van der Waals surface area contributed by atoms with Crippen LogP contribution in [-0.2, 0) is 11.2 Å². The van der Waals surface area contributed by atoms with Crippen LogP contribution in [0.2, 0.25) is 0 Å². The molecule has 0 radical (unpaired) electrons. The molecular formula is C16H29ClN2O. The first-order chi connectivity index (χ1) is 9.07. The molecule has 0 unspecified atom stereocenters. The van der Waals surface area contributed by atoms with Gasteiger partial charge in [0, 0.05) is 38.7 Å². The fourth-order valence-electron chi connectivity index (χ4n) is 2.43. The van der Waals surface area contributed by atoms with Gasteiger partial charge in [0.25, 0.3) is 0 Å². The lowest BCUT2D eigenvalue weighted by Crippen LogP contribution is -2.40. The second-order valence-corrected chi connectivity index (χ2v) is 5.90. The monoisotopic (exact) mass is 300 g/mol. The molecule has 0 fully saturated rings. The Morgan fingerprint density at radius 2 is 1.80 bits per heavy atom. The summed E-state index contributed by atoms with van der Waals surface area (Å²) in [5.74, 6) is 0. The fraction of sp³-hybridized carbons (Fsp3) is 0.625. The van der Waals surface area contributed by atoms with E-state index in [0.717, 1.165) is 32.7 Å². The summed E-state index contributed by atoms with van der Waals surface area (Å²) in [5.41, 5.74) is 7.27. The van der Waals surface area contributed by atoms with Gasteiger partial charge in [-0.05, 0) is 12.0 Å². The van der Waals surface area contributed by atoms with Crippen LogP contribution in [0.1, 0.15) is 19.4 Å². The standard InChI is InChI=1S/C16H28N2O.ClH/c1-16(2,14-19-3)13-18(12-10-17)11-9-15-7-5-4-6-8-15;/h4-8H,9-14,17H2,1-3H3;1H. The van der Waals surface area contributed by atoms with Crippen molar-refractivity contribution in [3.05, 3.63) is 35.9 Å². The van der Waals surface area contributed by atoms with Crippen molar-refractivity contribution in [2.45, 2.75) is 20.3 Å². The van der Waals surface area contributed by atoms with Gasteiger partial charge < -0.3 is 15.4 Å². The largest absolute Gasteiger partial charge is 0.384 e. The molecule has 1 rings (SSSR count). The fourth-order valence-corrected chi connectivity index (χ4v) is 2.43. The van der Waals surface area contributed by atoms with E-state index in [1.165, 1.54) is 5.56 Å². The Kier molecular flexibility index (Phi) is 9.86. The van der Waals surface area contributed by atoms with Crippen molar-refractivity contribution in [2.24, 2.45) is 11.1 Å². The van der Waals surface area contributed by atoms with Crippen molar-refractivity contribution in [1.29, 1.82) is 0 Å². The highest BCUT2D eigenvalue weighted by atomic mass is 35.5. The molecule has 0 spiro atoms. The number of hydrogen-bond donors (Lipinski definition) is 1. The first kappa shape index (κ1) is 19.4.